The number of sulfonamides is 2. The van der Waals surface area contributed by atoms with E-state index in [-0.39, 0.29) is 17.9 Å². The molecule has 0 aliphatic rings. The highest BCUT2D eigenvalue weighted by Gasteiger charge is 2.83. The second kappa shape index (κ2) is 29.7. The van der Waals surface area contributed by atoms with E-state index >= 15 is 0 Å². The molecule has 3 aromatic rings. The molecule has 0 amide bonds. The zero-order valence-corrected chi connectivity index (χ0v) is 52.9. The van der Waals surface area contributed by atoms with E-state index in [0.717, 1.165) is 24.3 Å². The van der Waals surface area contributed by atoms with Gasteiger partial charge in [-0.3, -0.25) is 25.3 Å². The maximum absolute atomic E-state index is 14.4. The highest BCUT2D eigenvalue weighted by molar-refractivity contribution is 8.29. The van der Waals surface area contributed by atoms with E-state index in [1.54, 1.807) is 27.7 Å². The molecular formula is C42H35B2F24N4O17S7-3. The summed E-state index contributed by atoms with van der Waals surface area (Å²) in [6.45, 7) is 10.6. The van der Waals surface area contributed by atoms with E-state index in [2.05, 4.69) is 17.8 Å². The van der Waals surface area contributed by atoms with Gasteiger partial charge in [-0.25, -0.2) is 27.4 Å². The molecule has 3 aromatic carbocycles. The number of halogens is 24. The van der Waals surface area contributed by atoms with Crippen molar-refractivity contribution in [3.8, 4) is 23.4 Å². The number of nitriles is 2. The van der Waals surface area contributed by atoms with Gasteiger partial charge in [0.1, 0.15) is 29.2 Å². The fraction of sp³-hybridized carbons (Fsp3) is 0.476. The standard InChI is InChI=1S/C16H16F9O9S4.C14H13F9NO7S3.C8H3BF6.C4H3BN3O/c1-4-9(2)10-5-7-11(8-6-10)34-38(32,33)15(21,22)13(17,18)14(19,20)36(28,29)12(35(3,26)27)37(30,31)16(23,24)25;1-3-8(2)9-4-6-10(7-5-9)31-34(29,30)13(19,20)11(15,16)12(17,18)32(25,26)24-33(27,28)14(21,22)23;9-6-2-4(7(10,11)12)1-5(3-6)8(13,14)15;1-8-5(3-6,4-7)9-2/h5-9H,4H2,1-3H3;4-8H,3H2,1-2H3;1-3H;2H3/q2*-1;;-1. The molecule has 0 aromatic heterocycles. The second-order valence-electron chi connectivity index (χ2n) is 18.2. The summed E-state index contributed by atoms with van der Waals surface area (Å²) in [4.78, 5) is 0. The van der Waals surface area contributed by atoms with Gasteiger partial charge in [-0.1, -0.05) is 69.6 Å². The largest absolute Gasteiger partial charge is 0.669 e. The Hall–Kier alpha value is -6.25. The van der Waals surface area contributed by atoms with Crippen molar-refractivity contribution in [1.82, 2.24) is 0 Å². The Labute approximate surface area is 529 Å². The Morgan fingerprint density at radius 1 is 0.521 bits per heavy atom. The highest BCUT2D eigenvalue weighted by Crippen LogP contribution is 2.56. The topological polar surface area (TPSA) is 333 Å². The molecule has 0 saturated carbocycles. The van der Waals surface area contributed by atoms with E-state index in [9.17, 15) is 164 Å². The van der Waals surface area contributed by atoms with Crippen LogP contribution in [0.4, 0.5) is 105 Å². The van der Waals surface area contributed by atoms with Crippen LogP contribution in [0.1, 0.15) is 74.6 Å². The van der Waals surface area contributed by atoms with Gasteiger partial charge in [0, 0.05) is 18.2 Å². The summed E-state index contributed by atoms with van der Waals surface area (Å²) in [6.07, 6.45) is -9.35. The van der Waals surface area contributed by atoms with Crippen molar-refractivity contribution in [2.24, 2.45) is 0 Å². The molecule has 2 unspecified atom stereocenters. The Kier molecular flexibility index (Phi) is 27.7. The molecule has 0 spiro atoms. The first kappa shape index (κ1) is 89.7. The van der Waals surface area contributed by atoms with Gasteiger partial charge in [0.2, 0.25) is 0 Å². The first-order chi connectivity index (χ1) is 42.3. The quantitative estimate of drug-likeness (QED) is 0.0390. The SMILES string of the molecule is CCC(C)c1ccc(OS(=O)(=O)C(F)(F)C(F)(F)C(F)(F)S(=O)(=O)[C-](S(C)(=O)=O)S(=O)(=O)C(F)(F)F)cc1.CCC(C)c1ccc(OS(=O)(=O)C(F)(F)C(F)(F)C(F)(F)S(=O)(=O)[N-]S(=O)(=O)C(F)(F)F)cc1.[B]c1cc(C(F)(F)F)cc(C(F)(F)F)c1.[C-]#[N+][B-](C#N)(C#N)OC. The van der Waals surface area contributed by atoms with E-state index < -0.39 is 171 Å². The maximum atomic E-state index is 14.4. The van der Waals surface area contributed by atoms with Crippen LogP contribution in [0.3, 0.4) is 0 Å². The fourth-order valence-corrected chi connectivity index (χ4v) is 16.3. The van der Waals surface area contributed by atoms with Gasteiger partial charge in [0.25, 0.3) is 0 Å². The molecule has 0 N–H and O–H groups in total. The summed E-state index contributed by atoms with van der Waals surface area (Å²) in [7, 11) is -46.7. The third-order valence-corrected chi connectivity index (χ3v) is 24.4. The van der Waals surface area contributed by atoms with Gasteiger partial charge in [0.15, 0.2) is 29.9 Å². The number of hydrogen-bond acceptors (Lipinski definition) is 19. The lowest BCUT2D eigenvalue weighted by atomic mass is 9.57. The molecular weight excluding hydrogens is 1530 g/mol. The Bertz CT molecular complexity index is 4170. The smallest absolute Gasteiger partial charge is 0.520 e. The fourth-order valence-electron chi connectivity index (χ4n) is 5.70. The van der Waals surface area contributed by atoms with Gasteiger partial charge < -0.3 is 28.5 Å². The van der Waals surface area contributed by atoms with Crippen molar-refractivity contribution < 1.29 is 177 Å². The van der Waals surface area contributed by atoms with E-state index in [1.165, 1.54) is 19.0 Å². The average Bonchev–Trinajstić information content (AvgIpc) is 0.709. The van der Waals surface area contributed by atoms with E-state index in [0.29, 0.717) is 64.5 Å². The summed E-state index contributed by atoms with van der Waals surface area (Å²) >= 11 is 0. The van der Waals surface area contributed by atoms with Crippen molar-refractivity contribution in [2.45, 2.75) is 109 Å². The molecule has 0 aliphatic heterocycles. The van der Waals surface area contributed by atoms with E-state index in [1.807, 2.05) is 0 Å². The summed E-state index contributed by atoms with van der Waals surface area (Å²) in [5, 5.41) is -13.3. The van der Waals surface area contributed by atoms with Crippen LogP contribution >= 0.6 is 0 Å². The number of rotatable bonds is 22. The predicted molar refractivity (Wildman–Crippen MR) is 281 cm³/mol. The second-order valence-corrected chi connectivity index (χ2v) is 31.4. The van der Waals surface area contributed by atoms with Crippen LogP contribution in [0.2, 0.25) is 0 Å². The third kappa shape index (κ3) is 19.1. The molecule has 544 valence electrons. The molecule has 0 fully saturated rings. The summed E-state index contributed by atoms with van der Waals surface area (Å²) in [5.74, 6) is -15.0. The minimum Gasteiger partial charge on any atom is -0.520 e. The van der Waals surface area contributed by atoms with Crippen molar-refractivity contribution in [3.05, 3.63) is 108 Å². The Morgan fingerprint density at radius 2 is 0.833 bits per heavy atom. The third-order valence-electron chi connectivity index (χ3n) is 11.3. The predicted octanol–water partition coefficient (Wildman–Crippen LogP) is 10.5. The average molecular weight is 1570 g/mol. The van der Waals surface area contributed by atoms with Crippen LogP contribution in [0.5, 0.6) is 11.5 Å². The molecule has 2 radical (unpaired) electrons. The van der Waals surface area contributed by atoms with Crippen LogP contribution in [-0.4, -0.2) is 131 Å². The summed E-state index contributed by atoms with van der Waals surface area (Å²) < 4.78 is 488. The molecule has 0 aliphatic carbocycles. The molecule has 2 atom stereocenters. The van der Waals surface area contributed by atoms with Gasteiger partial charge in [0.05, 0.1) is 24.9 Å². The van der Waals surface area contributed by atoms with Crippen molar-refractivity contribution in [1.29, 1.82) is 10.5 Å². The molecule has 0 bridgehead atoms. The number of alkyl halides is 24. The van der Waals surface area contributed by atoms with Crippen LogP contribution in [0.25, 0.3) is 8.88 Å². The monoisotopic (exact) mass is 1570 g/mol. The lowest BCUT2D eigenvalue weighted by Crippen LogP contribution is -2.63. The molecule has 54 heteroatoms. The van der Waals surface area contributed by atoms with Gasteiger partial charge in [-0.2, -0.15) is 122 Å². The van der Waals surface area contributed by atoms with Crippen molar-refractivity contribution in [2.75, 3.05) is 13.4 Å². The van der Waals surface area contributed by atoms with Gasteiger partial charge >= 0.3 is 83.0 Å². The van der Waals surface area contributed by atoms with Crippen LogP contribution in [-0.2, 0) is 86.8 Å². The summed E-state index contributed by atoms with van der Waals surface area (Å²) in [6, 6.07) is 7.85. The molecule has 96 heavy (non-hydrogen) atoms. The summed E-state index contributed by atoms with van der Waals surface area (Å²) in [5.41, 5.74) is -16.2. The van der Waals surface area contributed by atoms with E-state index in [4.69, 9.17) is 24.9 Å². The highest BCUT2D eigenvalue weighted by atomic mass is 32.3. The molecule has 0 heterocycles. The lowest BCUT2D eigenvalue weighted by molar-refractivity contribution is -0.245. The van der Waals surface area contributed by atoms with Crippen LogP contribution < -0.4 is 13.8 Å². The lowest BCUT2D eigenvalue weighted by Gasteiger charge is -2.37. The number of sulfone groups is 3. The van der Waals surface area contributed by atoms with Crippen LogP contribution in [0, 0.1) is 32.9 Å². The van der Waals surface area contributed by atoms with Gasteiger partial charge in [-0.15, -0.1) is 0 Å². The zero-order valence-electron chi connectivity index (χ0n) is 47.2. The molecule has 3 rings (SSSR count). The molecule has 0 saturated heterocycles. The maximum Gasteiger partial charge on any atom is 0.669 e. The number of hydrogen-bond donors (Lipinski definition) is 0. The normalized spacial score (nSPS) is 14.7. The van der Waals surface area contributed by atoms with Crippen molar-refractivity contribution >= 4 is 89.6 Å². The minimum absolute atomic E-state index is 0.0242. The minimum atomic E-state index is -8.45. The Morgan fingerprint density at radius 3 is 1.06 bits per heavy atom. The molecule has 21 nitrogen and oxygen atoms in total. The van der Waals surface area contributed by atoms with Gasteiger partial charge in [-0.05, 0) is 73.2 Å². The first-order valence-electron chi connectivity index (χ1n) is 23.5. The van der Waals surface area contributed by atoms with Crippen LogP contribution in [0.15, 0.2) is 66.7 Å². The Balaban J connectivity index is 0.00000141. The first-order valence-corrected chi connectivity index (χ1v) is 34.1. The van der Waals surface area contributed by atoms with Crippen molar-refractivity contribution in [3.63, 3.8) is 0 Å². The zero-order chi connectivity index (χ0) is 76.9. The number of nitrogens with zero attached hydrogens (tertiary/aromatic N) is 4. The number of benzene rings is 3.